The number of carbonyl (C=O) groups is 2. The van der Waals surface area contributed by atoms with Gasteiger partial charge < -0.3 is 19.1 Å². The third-order valence-electron chi connectivity index (χ3n) is 6.42. The molecule has 36 heavy (non-hydrogen) atoms. The highest BCUT2D eigenvalue weighted by Gasteiger charge is 2.48. The quantitative estimate of drug-likeness (QED) is 0.232. The molecule has 0 spiro atoms. The number of nitrogens with zero attached hydrogens (tertiary/aromatic N) is 2. The summed E-state index contributed by atoms with van der Waals surface area (Å²) < 4.78 is 12.9. The molecule has 0 bridgehead atoms. The molecule has 1 unspecified atom stereocenters. The van der Waals surface area contributed by atoms with Gasteiger partial charge in [0.15, 0.2) is 0 Å². The van der Waals surface area contributed by atoms with Gasteiger partial charge in [0.1, 0.15) is 17.3 Å². The predicted octanol–water partition coefficient (Wildman–Crippen LogP) is 5.21. The molecule has 1 saturated heterocycles. The average Bonchev–Trinajstić information content (AvgIpc) is 3.37. The molecular weight excluding hydrogens is 456 g/mol. The summed E-state index contributed by atoms with van der Waals surface area (Å²) in [6.07, 6.45) is 1.90. The molecule has 1 fully saturated rings. The van der Waals surface area contributed by atoms with Crippen molar-refractivity contribution in [1.29, 1.82) is 0 Å². The van der Waals surface area contributed by atoms with Crippen LogP contribution in [0.4, 0.5) is 5.69 Å². The molecule has 0 saturated carbocycles. The first kappa shape index (κ1) is 23.2. The standard InChI is InChI=1S/C29H26N2O5/c1-4-36-21-12-7-9-18(15-21)27(32)25-26(23-17-30(2)24-14-6-5-13-22(23)24)31(29(34)28(25)33)19-10-8-11-20(16-19)35-3/h5-17,26,32H,4H2,1-3H3/b27-25+. The predicted molar refractivity (Wildman–Crippen MR) is 138 cm³/mol. The van der Waals surface area contributed by atoms with Crippen LogP contribution in [0.2, 0.25) is 0 Å². The van der Waals surface area contributed by atoms with Gasteiger partial charge in [0.25, 0.3) is 11.7 Å². The van der Waals surface area contributed by atoms with E-state index in [0.29, 0.717) is 29.4 Å². The molecule has 7 nitrogen and oxygen atoms in total. The molecule has 4 aromatic rings. The van der Waals surface area contributed by atoms with Crippen LogP contribution in [0.1, 0.15) is 24.1 Å². The lowest BCUT2D eigenvalue weighted by atomic mass is 9.94. The van der Waals surface area contributed by atoms with Crippen molar-refractivity contribution < 1.29 is 24.2 Å². The zero-order chi connectivity index (χ0) is 25.4. The lowest BCUT2D eigenvalue weighted by Gasteiger charge is -2.25. The molecule has 182 valence electrons. The van der Waals surface area contributed by atoms with Gasteiger partial charge >= 0.3 is 0 Å². The van der Waals surface area contributed by atoms with Gasteiger partial charge in [-0.3, -0.25) is 14.5 Å². The second-order valence-electron chi connectivity index (χ2n) is 8.54. The third-order valence-corrected chi connectivity index (χ3v) is 6.42. The number of aliphatic hydroxyl groups is 1. The van der Waals surface area contributed by atoms with Crippen LogP contribution in [0.3, 0.4) is 0 Å². The number of ketones is 1. The van der Waals surface area contributed by atoms with Crippen molar-refractivity contribution in [3.05, 3.63) is 95.7 Å². The summed E-state index contributed by atoms with van der Waals surface area (Å²) in [6.45, 7) is 2.33. The number of ether oxygens (including phenoxy) is 2. The monoisotopic (exact) mass is 482 g/mol. The van der Waals surface area contributed by atoms with Crippen molar-refractivity contribution in [3.8, 4) is 11.5 Å². The summed E-state index contributed by atoms with van der Waals surface area (Å²) in [5, 5.41) is 12.4. The highest BCUT2D eigenvalue weighted by molar-refractivity contribution is 6.52. The van der Waals surface area contributed by atoms with Crippen LogP contribution in [0.25, 0.3) is 16.7 Å². The number of rotatable bonds is 6. The van der Waals surface area contributed by atoms with Crippen molar-refractivity contribution in [1.82, 2.24) is 4.57 Å². The molecule has 2 heterocycles. The van der Waals surface area contributed by atoms with Crippen LogP contribution in [-0.2, 0) is 16.6 Å². The van der Waals surface area contributed by atoms with Gasteiger partial charge in [-0.25, -0.2) is 0 Å². The Morgan fingerprint density at radius 3 is 2.50 bits per heavy atom. The van der Waals surface area contributed by atoms with Crippen molar-refractivity contribution in [2.45, 2.75) is 13.0 Å². The molecule has 1 aliphatic heterocycles. The molecule has 0 aliphatic carbocycles. The maximum Gasteiger partial charge on any atom is 0.300 e. The maximum atomic E-state index is 13.5. The fourth-order valence-corrected chi connectivity index (χ4v) is 4.80. The smallest absolute Gasteiger partial charge is 0.300 e. The number of aryl methyl sites for hydroxylation is 1. The molecule has 3 aromatic carbocycles. The van der Waals surface area contributed by atoms with E-state index in [9.17, 15) is 14.7 Å². The number of Topliss-reactive ketones (excluding diaryl/α,β-unsaturated/α-hetero) is 1. The van der Waals surface area contributed by atoms with Gasteiger partial charge in [-0.05, 0) is 37.3 Å². The van der Waals surface area contributed by atoms with Crippen LogP contribution in [0.15, 0.2) is 84.6 Å². The van der Waals surface area contributed by atoms with Crippen LogP contribution in [0.5, 0.6) is 11.5 Å². The minimum Gasteiger partial charge on any atom is -0.507 e. The van der Waals surface area contributed by atoms with E-state index in [1.807, 2.05) is 49.0 Å². The largest absolute Gasteiger partial charge is 0.507 e. The second-order valence-corrected chi connectivity index (χ2v) is 8.54. The minimum absolute atomic E-state index is 0.0211. The van der Waals surface area contributed by atoms with Gasteiger partial charge in [-0.15, -0.1) is 0 Å². The topological polar surface area (TPSA) is 81.0 Å². The number of aliphatic hydroxyl groups excluding tert-OH is 1. The fraction of sp³-hybridized carbons (Fsp3) is 0.172. The van der Waals surface area contributed by atoms with Gasteiger partial charge in [0, 0.05) is 47.0 Å². The summed E-state index contributed by atoms with van der Waals surface area (Å²) in [6, 6.07) is 20.8. The fourth-order valence-electron chi connectivity index (χ4n) is 4.80. The highest BCUT2D eigenvalue weighted by atomic mass is 16.5. The lowest BCUT2D eigenvalue weighted by Crippen LogP contribution is -2.29. The van der Waals surface area contributed by atoms with Crippen LogP contribution >= 0.6 is 0 Å². The number of hydrogen-bond donors (Lipinski definition) is 1. The first-order valence-electron chi connectivity index (χ1n) is 11.7. The average molecular weight is 483 g/mol. The number of methoxy groups -OCH3 is 1. The Hall–Kier alpha value is -4.52. The van der Waals surface area contributed by atoms with E-state index in [0.717, 1.165) is 16.5 Å². The zero-order valence-electron chi connectivity index (χ0n) is 20.3. The van der Waals surface area contributed by atoms with Crippen LogP contribution in [-0.4, -0.2) is 35.1 Å². The van der Waals surface area contributed by atoms with Crippen molar-refractivity contribution >= 4 is 34.0 Å². The number of aromatic nitrogens is 1. The van der Waals surface area contributed by atoms with Crippen molar-refractivity contribution in [2.24, 2.45) is 7.05 Å². The summed E-state index contributed by atoms with van der Waals surface area (Å²) in [5.74, 6) is -0.613. The number of hydrogen-bond acceptors (Lipinski definition) is 5. The highest BCUT2D eigenvalue weighted by Crippen LogP contribution is 2.45. The van der Waals surface area contributed by atoms with E-state index < -0.39 is 17.7 Å². The summed E-state index contributed by atoms with van der Waals surface area (Å²) in [7, 11) is 3.45. The first-order chi connectivity index (χ1) is 17.4. The molecule has 1 aliphatic rings. The van der Waals surface area contributed by atoms with E-state index >= 15 is 0 Å². The Kier molecular flexibility index (Phi) is 5.98. The summed E-state index contributed by atoms with van der Waals surface area (Å²) >= 11 is 0. The minimum atomic E-state index is -0.848. The molecule has 1 N–H and O–H groups in total. The van der Waals surface area contributed by atoms with Gasteiger partial charge in [-0.1, -0.05) is 36.4 Å². The Balaban J connectivity index is 1.78. The van der Waals surface area contributed by atoms with E-state index in [1.54, 1.807) is 55.6 Å². The third kappa shape index (κ3) is 3.79. The van der Waals surface area contributed by atoms with Crippen LogP contribution in [0, 0.1) is 0 Å². The maximum absolute atomic E-state index is 13.5. The Bertz CT molecular complexity index is 1520. The van der Waals surface area contributed by atoms with Crippen molar-refractivity contribution in [2.75, 3.05) is 18.6 Å². The lowest BCUT2D eigenvalue weighted by molar-refractivity contribution is -0.132. The van der Waals surface area contributed by atoms with Gasteiger partial charge in [0.05, 0.1) is 25.3 Å². The molecular formula is C29H26N2O5. The summed E-state index contributed by atoms with van der Waals surface area (Å²) in [4.78, 5) is 28.5. The number of fused-ring (bicyclic) bond motifs is 1. The molecule has 1 atom stereocenters. The molecule has 5 rings (SSSR count). The number of benzene rings is 3. The molecule has 7 heteroatoms. The Labute approximate surface area is 208 Å². The van der Waals surface area contributed by atoms with Gasteiger partial charge in [0.2, 0.25) is 0 Å². The van der Waals surface area contributed by atoms with E-state index in [2.05, 4.69) is 0 Å². The molecule has 0 radical (unpaired) electrons. The molecule has 1 aromatic heterocycles. The first-order valence-corrected chi connectivity index (χ1v) is 11.7. The van der Waals surface area contributed by atoms with E-state index in [1.165, 1.54) is 4.90 Å². The number of anilines is 1. The Morgan fingerprint density at radius 2 is 1.72 bits per heavy atom. The summed E-state index contributed by atoms with van der Waals surface area (Å²) in [5.41, 5.74) is 2.60. The SMILES string of the molecule is CCOc1cccc(/C(O)=C2\C(=O)C(=O)N(c3cccc(OC)c3)C2c2cn(C)c3ccccc23)c1. The zero-order valence-corrected chi connectivity index (χ0v) is 20.3. The number of para-hydroxylation sites is 1. The number of amides is 1. The van der Waals surface area contributed by atoms with Crippen molar-refractivity contribution in [3.63, 3.8) is 0 Å². The van der Waals surface area contributed by atoms with E-state index in [-0.39, 0.29) is 11.3 Å². The Morgan fingerprint density at radius 1 is 0.972 bits per heavy atom. The second kappa shape index (κ2) is 9.26. The van der Waals surface area contributed by atoms with Crippen LogP contribution < -0.4 is 14.4 Å². The van der Waals surface area contributed by atoms with Gasteiger partial charge in [-0.2, -0.15) is 0 Å². The van der Waals surface area contributed by atoms with E-state index in [4.69, 9.17) is 9.47 Å². The normalized spacial score (nSPS) is 17.1. The molecule has 1 amide bonds. The number of carbonyl (C=O) groups excluding carboxylic acids is 2.